The minimum absolute atomic E-state index is 0.146. The van der Waals surface area contributed by atoms with Gasteiger partial charge in [-0.1, -0.05) is 6.07 Å². The molecule has 9 heteroatoms. The first-order chi connectivity index (χ1) is 9.45. The molecule has 2 heterocycles. The van der Waals surface area contributed by atoms with E-state index in [0.717, 1.165) is 6.26 Å². The summed E-state index contributed by atoms with van der Waals surface area (Å²) in [5.74, 6) is 0.181. The summed E-state index contributed by atoms with van der Waals surface area (Å²) in [5.41, 5.74) is 0.285. The van der Waals surface area contributed by atoms with Gasteiger partial charge in [-0.25, -0.2) is 8.42 Å². The fraction of sp³-hybridized carbons (Fsp3) is 0.0909. The summed E-state index contributed by atoms with van der Waals surface area (Å²) >= 11 is 0. The third-order valence-corrected chi connectivity index (χ3v) is 3.94. The number of pyridine rings is 1. The first-order valence-electron chi connectivity index (χ1n) is 5.56. The number of tetrazole rings is 1. The van der Waals surface area contributed by atoms with E-state index in [9.17, 15) is 13.2 Å². The van der Waals surface area contributed by atoms with E-state index in [-0.39, 0.29) is 16.3 Å². The lowest BCUT2D eigenvalue weighted by Gasteiger charge is -2.03. The number of sulfone groups is 1. The SMILES string of the molecule is CS(=O)(=O)c1ccc2cc(-c3nn[nH]n3)c(=O)[nH]c2c1. The minimum atomic E-state index is -3.32. The van der Waals surface area contributed by atoms with Crippen molar-refractivity contribution < 1.29 is 8.42 Å². The van der Waals surface area contributed by atoms with E-state index in [4.69, 9.17) is 0 Å². The zero-order chi connectivity index (χ0) is 14.3. The van der Waals surface area contributed by atoms with Gasteiger partial charge in [0.1, 0.15) is 0 Å². The lowest BCUT2D eigenvalue weighted by atomic mass is 10.1. The van der Waals surface area contributed by atoms with Gasteiger partial charge in [-0.2, -0.15) is 5.21 Å². The predicted octanol–water partition coefficient (Wildman–Crippen LogP) is 0.112. The van der Waals surface area contributed by atoms with Crippen molar-refractivity contribution in [2.24, 2.45) is 0 Å². The Hall–Kier alpha value is -2.55. The van der Waals surface area contributed by atoms with Crippen molar-refractivity contribution >= 4 is 20.7 Å². The molecule has 0 radical (unpaired) electrons. The van der Waals surface area contributed by atoms with Gasteiger partial charge in [0, 0.05) is 11.8 Å². The normalized spacial score (nSPS) is 11.8. The third kappa shape index (κ3) is 2.07. The van der Waals surface area contributed by atoms with Gasteiger partial charge < -0.3 is 4.98 Å². The molecule has 0 spiro atoms. The summed E-state index contributed by atoms with van der Waals surface area (Å²) < 4.78 is 23.0. The number of nitrogens with one attached hydrogen (secondary N) is 2. The van der Waals surface area contributed by atoms with Gasteiger partial charge in [-0.3, -0.25) is 4.79 Å². The number of hydrogen-bond donors (Lipinski definition) is 2. The fourth-order valence-corrected chi connectivity index (χ4v) is 2.50. The number of rotatable bonds is 2. The van der Waals surface area contributed by atoms with Crippen LogP contribution in [0.4, 0.5) is 0 Å². The van der Waals surface area contributed by atoms with Crippen molar-refractivity contribution in [1.82, 2.24) is 25.6 Å². The maximum atomic E-state index is 12.0. The van der Waals surface area contributed by atoms with Gasteiger partial charge in [-0.15, -0.1) is 10.2 Å². The molecule has 102 valence electrons. The van der Waals surface area contributed by atoms with Gasteiger partial charge >= 0.3 is 0 Å². The standard InChI is InChI=1S/C11H9N5O3S/c1-20(18,19)7-3-2-6-4-8(10-13-15-16-14-10)11(17)12-9(6)5-7/h2-5H,1H3,(H,12,17)(H,13,14,15,16). The molecule has 3 aromatic rings. The summed E-state index contributed by atoms with van der Waals surface area (Å²) in [4.78, 5) is 14.7. The molecule has 0 unspecified atom stereocenters. The highest BCUT2D eigenvalue weighted by atomic mass is 32.2. The number of hydrogen-bond acceptors (Lipinski definition) is 6. The van der Waals surface area contributed by atoms with E-state index >= 15 is 0 Å². The summed E-state index contributed by atoms with van der Waals surface area (Å²) in [7, 11) is -3.32. The van der Waals surface area contributed by atoms with Crippen molar-refractivity contribution in [2.45, 2.75) is 4.90 Å². The zero-order valence-electron chi connectivity index (χ0n) is 10.3. The molecule has 0 bridgehead atoms. The Kier molecular flexibility index (Phi) is 2.64. The van der Waals surface area contributed by atoms with Crippen LogP contribution in [0.5, 0.6) is 0 Å². The highest BCUT2D eigenvalue weighted by Crippen LogP contribution is 2.19. The molecule has 0 atom stereocenters. The largest absolute Gasteiger partial charge is 0.321 e. The average molecular weight is 291 g/mol. The van der Waals surface area contributed by atoms with Crippen molar-refractivity contribution in [2.75, 3.05) is 6.26 Å². The van der Waals surface area contributed by atoms with Crippen LogP contribution < -0.4 is 5.56 Å². The van der Waals surface area contributed by atoms with Crippen LogP contribution in [0.3, 0.4) is 0 Å². The summed E-state index contributed by atoms with van der Waals surface area (Å²) in [5, 5.41) is 13.8. The third-order valence-electron chi connectivity index (χ3n) is 2.83. The molecule has 0 amide bonds. The van der Waals surface area contributed by atoms with Gasteiger partial charge in [0.2, 0.25) is 5.82 Å². The highest BCUT2D eigenvalue weighted by molar-refractivity contribution is 7.90. The number of fused-ring (bicyclic) bond motifs is 1. The zero-order valence-corrected chi connectivity index (χ0v) is 11.1. The lowest BCUT2D eigenvalue weighted by Crippen LogP contribution is -2.10. The van der Waals surface area contributed by atoms with E-state index < -0.39 is 15.4 Å². The maximum Gasteiger partial charge on any atom is 0.259 e. The summed E-state index contributed by atoms with van der Waals surface area (Å²) in [6, 6.07) is 6.11. The van der Waals surface area contributed by atoms with Gasteiger partial charge in [0.05, 0.1) is 10.5 Å². The molecule has 0 saturated heterocycles. The second-order valence-electron chi connectivity index (χ2n) is 4.27. The van der Waals surface area contributed by atoms with E-state index in [1.54, 1.807) is 12.1 Å². The fourth-order valence-electron chi connectivity index (χ4n) is 1.85. The highest BCUT2D eigenvalue weighted by Gasteiger charge is 2.12. The Morgan fingerprint density at radius 2 is 2.00 bits per heavy atom. The topological polar surface area (TPSA) is 121 Å². The monoisotopic (exact) mass is 291 g/mol. The molecule has 8 nitrogen and oxygen atoms in total. The van der Waals surface area contributed by atoms with Gasteiger partial charge in [0.15, 0.2) is 9.84 Å². The quantitative estimate of drug-likeness (QED) is 0.691. The van der Waals surface area contributed by atoms with Crippen LogP contribution in [0.2, 0.25) is 0 Å². The average Bonchev–Trinajstić information content (AvgIpc) is 2.89. The Morgan fingerprint density at radius 3 is 2.65 bits per heavy atom. The molecule has 0 saturated carbocycles. The molecule has 1 aromatic carbocycles. The lowest BCUT2D eigenvalue weighted by molar-refractivity contribution is 0.602. The van der Waals surface area contributed by atoms with Crippen LogP contribution in [0, 0.1) is 0 Å². The Labute approximate surface area is 112 Å². The molecule has 0 aliphatic heterocycles. The van der Waals surface area contributed by atoms with Crippen LogP contribution in [0.15, 0.2) is 34.0 Å². The number of benzene rings is 1. The van der Waals surface area contributed by atoms with E-state index in [2.05, 4.69) is 25.6 Å². The number of nitrogens with zero attached hydrogens (tertiary/aromatic N) is 3. The maximum absolute atomic E-state index is 12.0. The van der Waals surface area contributed by atoms with Crippen molar-refractivity contribution in [3.05, 3.63) is 34.6 Å². The molecular weight excluding hydrogens is 282 g/mol. The van der Waals surface area contributed by atoms with Crippen molar-refractivity contribution in [3.63, 3.8) is 0 Å². The minimum Gasteiger partial charge on any atom is -0.321 e. The van der Waals surface area contributed by atoms with Crippen LogP contribution in [-0.4, -0.2) is 40.3 Å². The van der Waals surface area contributed by atoms with E-state index in [0.29, 0.717) is 10.9 Å². The van der Waals surface area contributed by atoms with Crippen molar-refractivity contribution in [1.29, 1.82) is 0 Å². The van der Waals surface area contributed by atoms with Crippen LogP contribution >= 0.6 is 0 Å². The molecule has 0 fully saturated rings. The molecular formula is C11H9N5O3S. The number of aromatic amines is 2. The van der Waals surface area contributed by atoms with Crippen LogP contribution in [0.1, 0.15) is 0 Å². The molecule has 2 aromatic heterocycles. The summed E-state index contributed by atoms with van der Waals surface area (Å²) in [6.07, 6.45) is 1.11. The van der Waals surface area contributed by atoms with E-state index in [1.165, 1.54) is 12.1 Å². The van der Waals surface area contributed by atoms with Gasteiger partial charge in [-0.05, 0) is 28.8 Å². The first-order valence-corrected chi connectivity index (χ1v) is 7.45. The Bertz CT molecular complexity index is 944. The molecule has 0 aliphatic carbocycles. The first kappa shape index (κ1) is 12.5. The second kappa shape index (κ2) is 4.23. The van der Waals surface area contributed by atoms with Crippen LogP contribution in [0.25, 0.3) is 22.3 Å². The molecule has 2 N–H and O–H groups in total. The second-order valence-corrected chi connectivity index (χ2v) is 6.28. The number of H-pyrrole nitrogens is 2. The van der Waals surface area contributed by atoms with Gasteiger partial charge in [0.25, 0.3) is 5.56 Å². The molecule has 0 aliphatic rings. The number of aromatic nitrogens is 5. The van der Waals surface area contributed by atoms with Crippen LogP contribution in [-0.2, 0) is 9.84 Å². The van der Waals surface area contributed by atoms with E-state index in [1.807, 2.05) is 0 Å². The van der Waals surface area contributed by atoms with Crippen molar-refractivity contribution in [3.8, 4) is 11.4 Å². The summed E-state index contributed by atoms with van der Waals surface area (Å²) in [6.45, 7) is 0. The predicted molar refractivity (Wildman–Crippen MR) is 70.9 cm³/mol. The Balaban J connectivity index is 2.27. The smallest absolute Gasteiger partial charge is 0.259 e. The Morgan fingerprint density at radius 1 is 1.20 bits per heavy atom. The molecule has 3 rings (SSSR count). The molecule has 20 heavy (non-hydrogen) atoms.